The van der Waals surface area contributed by atoms with Crippen LogP contribution in [0.25, 0.3) is 0 Å². The molecular weight excluding hydrogens is 279 g/mol. The van der Waals surface area contributed by atoms with Gasteiger partial charge in [0, 0.05) is 30.7 Å². The molecule has 1 spiro atoms. The summed E-state index contributed by atoms with van der Waals surface area (Å²) in [5.41, 5.74) is -0.396. The van der Waals surface area contributed by atoms with Crippen molar-refractivity contribution in [3.05, 3.63) is 29.3 Å². The number of halogens is 3. The van der Waals surface area contributed by atoms with Crippen LogP contribution in [0.15, 0.2) is 18.2 Å². The third kappa shape index (κ3) is 2.58. The van der Waals surface area contributed by atoms with E-state index in [9.17, 15) is 13.2 Å². The fraction of sp³-hybridized carbons (Fsp3) is 0.533. The summed E-state index contributed by atoms with van der Waals surface area (Å²) < 4.78 is 39.1. The van der Waals surface area contributed by atoms with Crippen molar-refractivity contribution in [2.24, 2.45) is 5.41 Å². The molecule has 0 aromatic heterocycles. The highest BCUT2D eigenvalue weighted by Crippen LogP contribution is 2.40. The van der Waals surface area contributed by atoms with Gasteiger partial charge in [-0.25, -0.2) is 0 Å². The SMILES string of the molecule is N#Cc1ccc(N2CCC3(CCNC3)C2)cc1C(F)(F)F. The molecule has 1 unspecified atom stereocenters. The fourth-order valence-electron chi connectivity index (χ4n) is 3.36. The highest BCUT2D eigenvalue weighted by molar-refractivity contribution is 5.55. The minimum absolute atomic E-state index is 0.201. The Hall–Kier alpha value is -1.74. The van der Waals surface area contributed by atoms with Gasteiger partial charge in [0.15, 0.2) is 0 Å². The average Bonchev–Trinajstić information content (AvgIpc) is 3.08. The number of hydrogen-bond donors (Lipinski definition) is 1. The van der Waals surface area contributed by atoms with Crippen LogP contribution in [0.1, 0.15) is 24.0 Å². The summed E-state index contributed by atoms with van der Waals surface area (Å²) in [5, 5.41) is 12.2. The first-order valence-electron chi connectivity index (χ1n) is 7.01. The van der Waals surface area contributed by atoms with E-state index in [1.165, 1.54) is 6.07 Å². The molecule has 0 amide bonds. The molecule has 112 valence electrons. The van der Waals surface area contributed by atoms with E-state index in [2.05, 4.69) is 5.32 Å². The topological polar surface area (TPSA) is 39.1 Å². The average molecular weight is 295 g/mol. The maximum atomic E-state index is 13.0. The Morgan fingerprint density at radius 1 is 1.29 bits per heavy atom. The summed E-state index contributed by atoms with van der Waals surface area (Å²) in [6, 6.07) is 5.63. The van der Waals surface area contributed by atoms with E-state index in [1.54, 1.807) is 12.1 Å². The second-order valence-electron chi connectivity index (χ2n) is 5.94. The molecule has 1 aromatic carbocycles. The van der Waals surface area contributed by atoms with Crippen molar-refractivity contribution >= 4 is 5.69 Å². The van der Waals surface area contributed by atoms with Crippen LogP contribution in [0.5, 0.6) is 0 Å². The van der Waals surface area contributed by atoms with Crippen LogP contribution in [0.4, 0.5) is 18.9 Å². The maximum Gasteiger partial charge on any atom is 0.417 e. The van der Waals surface area contributed by atoms with E-state index < -0.39 is 11.7 Å². The predicted molar refractivity (Wildman–Crippen MR) is 72.9 cm³/mol. The first kappa shape index (κ1) is 14.2. The zero-order valence-electron chi connectivity index (χ0n) is 11.5. The lowest BCUT2D eigenvalue weighted by molar-refractivity contribution is -0.137. The highest BCUT2D eigenvalue weighted by atomic mass is 19.4. The predicted octanol–water partition coefficient (Wildman–Crippen LogP) is 2.77. The van der Waals surface area contributed by atoms with E-state index in [4.69, 9.17) is 5.26 Å². The number of benzene rings is 1. The lowest BCUT2D eigenvalue weighted by Crippen LogP contribution is -2.29. The second-order valence-corrected chi connectivity index (χ2v) is 5.94. The number of alkyl halides is 3. The summed E-state index contributed by atoms with van der Waals surface area (Å²) in [5.74, 6) is 0. The number of nitrogens with one attached hydrogen (secondary N) is 1. The summed E-state index contributed by atoms with van der Waals surface area (Å²) in [6.45, 7) is 3.47. The molecule has 2 aliphatic rings. The molecule has 21 heavy (non-hydrogen) atoms. The van der Waals surface area contributed by atoms with Gasteiger partial charge in [0.1, 0.15) is 0 Å². The van der Waals surface area contributed by atoms with Crippen LogP contribution in [0.3, 0.4) is 0 Å². The van der Waals surface area contributed by atoms with Gasteiger partial charge in [-0.2, -0.15) is 18.4 Å². The van der Waals surface area contributed by atoms with Crippen LogP contribution in [-0.2, 0) is 6.18 Å². The molecule has 0 radical (unpaired) electrons. The van der Waals surface area contributed by atoms with E-state index in [0.717, 1.165) is 45.1 Å². The molecule has 6 heteroatoms. The zero-order chi connectivity index (χ0) is 15.1. The molecule has 2 aliphatic heterocycles. The Bertz CT molecular complexity index is 583. The number of nitrogens with zero attached hydrogens (tertiary/aromatic N) is 2. The van der Waals surface area contributed by atoms with Crippen molar-refractivity contribution in [3.63, 3.8) is 0 Å². The normalized spacial score (nSPS) is 25.5. The third-order valence-electron chi connectivity index (χ3n) is 4.56. The summed E-state index contributed by atoms with van der Waals surface area (Å²) in [6.07, 6.45) is -2.42. The minimum Gasteiger partial charge on any atom is -0.371 e. The van der Waals surface area contributed by atoms with Crippen LogP contribution >= 0.6 is 0 Å². The largest absolute Gasteiger partial charge is 0.417 e. The summed E-state index contributed by atoms with van der Waals surface area (Å²) in [7, 11) is 0. The van der Waals surface area contributed by atoms with Crippen molar-refractivity contribution < 1.29 is 13.2 Å². The van der Waals surface area contributed by atoms with Gasteiger partial charge in [0.25, 0.3) is 0 Å². The maximum absolute atomic E-state index is 13.0. The Morgan fingerprint density at radius 2 is 2.10 bits per heavy atom. The second kappa shape index (κ2) is 4.92. The van der Waals surface area contributed by atoms with Gasteiger partial charge in [-0.15, -0.1) is 0 Å². The number of hydrogen-bond acceptors (Lipinski definition) is 3. The quantitative estimate of drug-likeness (QED) is 0.866. The van der Waals surface area contributed by atoms with E-state index in [-0.39, 0.29) is 11.0 Å². The van der Waals surface area contributed by atoms with Crippen molar-refractivity contribution in [2.75, 3.05) is 31.1 Å². The molecule has 2 saturated heterocycles. The lowest BCUT2D eigenvalue weighted by Gasteiger charge is -2.24. The van der Waals surface area contributed by atoms with Crippen LogP contribution in [-0.4, -0.2) is 26.2 Å². The van der Waals surface area contributed by atoms with Crippen LogP contribution in [0.2, 0.25) is 0 Å². The minimum atomic E-state index is -4.49. The van der Waals surface area contributed by atoms with Gasteiger partial charge in [0.2, 0.25) is 0 Å². The molecule has 3 rings (SSSR count). The third-order valence-corrected chi connectivity index (χ3v) is 4.56. The Morgan fingerprint density at radius 3 is 2.71 bits per heavy atom. The molecular formula is C15H16F3N3. The number of anilines is 1. The highest BCUT2D eigenvalue weighted by Gasteiger charge is 2.41. The molecule has 0 aliphatic carbocycles. The molecule has 1 atom stereocenters. The van der Waals surface area contributed by atoms with Crippen LogP contribution < -0.4 is 10.2 Å². The van der Waals surface area contributed by atoms with E-state index in [1.807, 2.05) is 4.90 Å². The molecule has 2 fully saturated rings. The molecule has 3 nitrogen and oxygen atoms in total. The zero-order valence-corrected chi connectivity index (χ0v) is 11.5. The molecule has 0 bridgehead atoms. The van der Waals surface area contributed by atoms with Crippen molar-refractivity contribution in [1.82, 2.24) is 5.32 Å². The smallest absolute Gasteiger partial charge is 0.371 e. The molecule has 2 heterocycles. The van der Waals surface area contributed by atoms with Gasteiger partial charge >= 0.3 is 6.18 Å². The molecule has 1 N–H and O–H groups in total. The number of nitriles is 1. The monoisotopic (exact) mass is 295 g/mol. The fourth-order valence-corrected chi connectivity index (χ4v) is 3.36. The Labute approximate surface area is 121 Å². The summed E-state index contributed by atoms with van der Waals surface area (Å²) in [4.78, 5) is 2.00. The van der Waals surface area contributed by atoms with Crippen molar-refractivity contribution in [3.8, 4) is 6.07 Å². The standard InChI is InChI=1S/C15H16F3N3/c16-15(17,18)13-7-12(2-1-11(13)8-19)21-6-4-14(10-21)3-5-20-9-14/h1-2,7,20H,3-6,9-10H2. The summed E-state index contributed by atoms with van der Waals surface area (Å²) >= 11 is 0. The lowest BCUT2D eigenvalue weighted by atomic mass is 9.86. The van der Waals surface area contributed by atoms with Crippen molar-refractivity contribution in [2.45, 2.75) is 19.0 Å². The number of rotatable bonds is 1. The van der Waals surface area contributed by atoms with Gasteiger partial charge in [-0.1, -0.05) is 0 Å². The first-order chi connectivity index (χ1) is 9.93. The van der Waals surface area contributed by atoms with E-state index >= 15 is 0 Å². The Balaban J connectivity index is 1.89. The van der Waals surface area contributed by atoms with Gasteiger partial charge < -0.3 is 10.2 Å². The molecule has 1 aromatic rings. The van der Waals surface area contributed by atoms with E-state index in [0.29, 0.717) is 5.69 Å². The van der Waals surface area contributed by atoms with Gasteiger partial charge in [-0.05, 0) is 37.6 Å². The van der Waals surface area contributed by atoms with Gasteiger partial charge in [-0.3, -0.25) is 0 Å². The molecule has 0 saturated carbocycles. The Kier molecular flexibility index (Phi) is 3.33. The first-order valence-corrected chi connectivity index (χ1v) is 7.01. The van der Waals surface area contributed by atoms with Crippen LogP contribution in [0, 0.1) is 16.7 Å². The van der Waals surface area contributed by atoms with Gasteiger partial charge in [0.05, 0.1) is 17.2 Å². The van der Waals surface area contributed by atoms with Crippen molar-refractivity contribution in [1.29, 1.82) is 5.26 Å².